The van der Waals surface area contributed by atoms with Crippen LogP contribution >= 0.6 is 0 Å². The fraction of sp³-hybridized carbons (Fsp3) is 0.222. The quantitative estimate of drug-likeness (QED) is 0.260. The Kier molecular flexibility index (Phi) is 8.26. The number of aliphatic hydroxyl groups is 2. The van der Waals surface area contributed by atoms with Crippen molar-refractivity contribution in [1.29, 1.82) is 0 Å². The van der Waals surface area contributed by atoms with Crippen LogP contribution in [0.5, 0.6) is 0 Å². The lowest BCUT2D eigenvalue weighted by Gasteiger charge is -2.36. The van der Waals surface area contributed by atoms with Crippen LogP contribution in [0.15, 0.2) is 128 Å². The highest BCUT2D eigenvalue weighted by Gasteiger charge is 2.46. The average molecular weight is 558 g/mol. The Morgan fingerprint density at radius 1 is 0.548 bits per heavy atom. The van der Waals surface area contributed by atoms with E-state index in [2.05, 4.69) is 29.2 Å². The number of pyridine rings is 1. The summed E-state index contributed by atoms with van der Waals surface area (Å²) in [4.78, 5) is 22.4. The lowest BCUT2D eigenvalue weighted by atomic mass is 9.91. The minimum Gasteiger partial charge on any atom is -0.388 e. The number of aliphatic hydroxyl groups excluding tert-OH is 2. The van der Waals surface area contributed by atoms with E-state index < -0.39 is 24.3 Å². The fourth-order valence-electron chi connectivity index (χ4n) is 6.03. The molecule has 2 N–H and O–H groups in total. The number of urea groups is 1. The third kappa shape index (κ3) is 6.05. The molecule has 6 nitrogen and oxygen atoms in total. The molecule has 0 spiro atoms. The Morgan fingerprint density at radius 3 is 1.62 bits per heavy atom. The zero-order valence-electron chi connectivity index (χ0n) is 23.4. The summed E-state index contributed by atoms with van der Waals surface area (Å²) in [6.45, 7) is 0.588. The molecule has 0 bridgehead atoms. The fourth-order valence-corrected chi connectivity index (χ4v) is 6.03. The third-order valence-electron chi connectivity index (χ3n) is 8.27. The van der Waals surface area contributed by atoms with Gasteiger partial charge in [-0.1, -0.05) is 97.1 Å². The second kappa shape index (κ2) is 12.6. The van der Waals surface area contributed by atoms with Gasteiger partial charge in [0, 0.05) is 25.5 Å². The number of hydrogen-bond acceptors (Lipinski definition) is 4. The molecule has 4 aromatic carbocycles. The topological polar surface area (TPSA) is 76.9 Å². The highest BCUT2D eigenvalue weighted by atomic mass is 16.3. The smallest absolute Gasteiger partial charge is 0.321 e. The van der Waals surface area contributed by atoms with Crippen LogP contribution in [0.25, 0.3) is 10.8 Å². The number of nitrogens with zero attached hydrogens (tertiary/aromatic N) is 3. The molecular weight excluding hydrogens is 522 g/mol. The Labute approximate surface area is 246 Å². The summed E-state index contributed by atoms with van der Waals surface area (Å²) in [5.41, 5.74) is 3.86. The first-order chi connectivity index (χ1) is 20.6. The van der Waals surface area contributed by atoms with Gasteiger partial charge in [0.25, 0.3) is 0 Å². The molecule has 1 aromatic heterocycles. The number of fused-ring (bicyclic) bond motifs is 1. The van der Waals surface area contributed by atoms with E-state index in [1.165, 1.54) is 0 Å². The number of rotatable bonds is 8. The maximum absolute atomic E-state index is 14.7. The van der Waals surface area contributed by atoms with E-state index in [0.717, 1.165) is 33.0 Å². The molecule has 1 saturated heterocycles. The van der Waals surface area contributed by atoms with E-state index >= 15 is 0 Å². The number of hydrogen-bond donors (Lipinski definition) is 2. The minimum absolute atomic E-state index is 0.211. The van der Waals surface area contributed by atoms with Gasteiger partial charge in [-0.25, -0.2) is 4.79 Å². The summed E-state index contributed by atoms with van der Waals surface area (Å²) in [6, 6.07) is 36.3. The molecule has 2 heterocycles. The van der Waals surface area contributed by atoms with E-state index in [1.807, 2.05) is 91.0 Å². The van der Waals surface area contributed by atoms with Crippen molar-refractivity contribution in [2.45, 2.75) is 50.2 Å². The first-order valence-electron chi connectivity index (χ1n) is 14.4. The van der Waals surface area contributed by atoms with Crippen molar-refractivity contribution >= 4 is 16.8 Å². The highest BCUT2D eigenvalue weighted by molar-refractivity contribution is 5.83. The molecule has 5 aromatic rings. The van der Waals surface area contributed by atoms with E-state index in [0.29, 0.717) is 19.4 Å². The summed E-state index contributed by atoms with van der Waals surface area (Å²) in [7, 11) is 0. The zero-order chi connectivity index (χ0) is 28.9. The van der Waals surface area contributed by atoms with Crippen LogP contribution in [0, 0.1) is 0 Å². The number of carbonyl (C=O) groups excluding carboxylic acids is 1. The number of benzene rings is 4. The second-order valence-corrected chi connectivity index (χ2v) is 11.1. The second-order valence-electron chi connectivity index (χ2n) is 11.1. The van der Waals surface area contributed by atoms with Gasteiger partial charge in [-0.05, 0) is 64.1 Å². The highest BCUT2D eigenvalue weighted by Crippen LogP contribution is 2.30. The van der Waals surface area contributed by atoms with Crippen molar-refractivity contribution in [3.63, 3.8) is 0 Å². The number of aromatic nitrogens is 1. The van der Waals surface area contributed by atoms with E-state index in [1.54, 1.807) is 22.2 Å². The molecule has 4 atom stereocenters. The molecule has 0 saturated carbocycles. The number of amides is 2. The van der Waals surface area contributed by atoms with E-state index in [9.17, 15) is 15.0 Å². The molecule has 6 heteroatoms. The van der Waals surface area contributed by atoms with Crippen LogP contribution in [0.4, 0.5) is 4.79 Å². The Balaban J connectivity index is 1.43. The van der Waals surface area contributed by atoms with Gasteiger partial charge in [0.2, 0.25) is 0 Å². The molecule has 1 fully saturated rings. The van der Waals surface area contributed by atoms with Gasteiger partial charge in [-0.2, -0.15) is 0 Å². The molecule has 2 amide bonds. The Hall–Kier alpha value is -4.52. The van der Waals surface area contributed by atoms with Crippen LogP contribution in [-0.4, -0.2) is 55.3 Å². The molecule has 6 rings (SSSR count). The van der Waals surface area contributed by atoms with Crippen LogP contribution in [0.2, 0.25) is 0 Å². The van der Waals surface area contributed by atoms with Crippen molar-refractivity contribution in [1.82, 2.24) is 14.8 Å². The van der Waals surface area contributed by atoms with Crippen molar-refractivity contribution in [3.8, 4) is 0 Å². The SMILES string of the molecule is O=C1N(Cc2ccncc2)[C@H](Cc2ccccc2)[C@H](O)[C@@H](O)[C@@H](Cc2ccccc2)N1Cc1ccc2ccccc2c1. The largest absolute Gasteiger partial charge is 0.388 e. The van der Waals surface area contributed by atoms with Gasteiger partial charge in [-0.3, -0.25) is 4.98 Å². The predicted octanol–water partition coefficient (Wildman–Crippen LogP) is 5.62. The third-order valence-corrected chi connectivity index (χ3v) is 8.27. The molecule has 0 aliphatic carbocycles. The maximum atomic E-state index is 14.7. The number of carbonyl (C=O) groups is 1. The lowest BCUT2D eigenvalue weighted by molar-refractivity contribution is -0.0408. The van der Waals surface area contributed by atoms with Gasteiger partial charge < -0.3 is 20.0 Å². The van der Waals surface area contributed by atoms with Gasteiger partial charge in [0.05, 0.1) is 12.1 Å². The summed E-state index contributed by atoms with van der Waals surface area (Å²) < 4.78 is 0. The van der Waals surface area contributed by atoms with E-state index in [4.69, 9.17) is 0 Å². The molecular formula is C36H35N3O3. The minimum atomic E-state index is -1.16. The first kappa shape index (κ1) is 27.6. The predicted molar refractivity (Wildman–Crippen MR) is 165 cm³/mol. The van der Waals surface area contributed by atoms with Crippen molar-refractivity contribution in [2.24, 2.45) is 0 Å². The van der Waals surface area contributed by atoms with Gasteiger partial charge in [-0.15, -0.1) is 0 Å². The zero-order valence-corrected chi connectivity index (χ0v) is 23.4. The van der Waals surface area contributed by atoms with Gasteiger partial charge >= 0.3 is 6.03 Å². The van der Waals surface area contributed by atoms with Crippen molar-refractivity contribution in [3.05, 3.63) is 150 Å². The molecule has 0 radical (unpaired) electrons. The summed E-state index contributed by atoms with van der Waals surface area (Å²) >= 11 is 0. The Morgan fingerprint density at radius 2 is 1.05 bits per heavy atom. The summed E-state index contributed by atoms with van der Waals surface area (Å²) in [5, 5.41) is 25.9. The lowest BCUT2D eigenvalue weighted by Crippen LogP contribution is -2.50. The molecule has 42 heavy (non-hydrogen) atoms. The average Bonchev–Trinajstić information content (AvgIpc) is 3.10. The van der Waals surface area contributed by atoms with Gasteiger partial charge in [0.15, 0.2) is 0 Å². The first-order valence-corrected chi connectivity index (χ1v) is 14.4. The molecule has 0 unspecified atom stereocenters. The van der Waals surface area contributed by atoms with Crippen molar-refractivity contribution in [2.75, 3.05) is 0 Å². The van der Waals surface area contributed by atoms with Crippen LogP contribution in [-0.2, 0) is 25.9 Å². The standard InChI is InChI=1S/C36H35N3O3/c40-34-32(22-26-9-3-1-4-10-26)38(24-28-17-19-37-20-18-28)36(42)39(33(35(34)41)23-27-11-5-2-6-12-27)25-29-15-16-30-13-7-8-14-31(30)21-29/h1-21,32-35,40-41H,22-25H2/t32-,33-,34+,35+/m1/s1. The van der Waals surface area contributed by atoms with Crippen molar-refractivity contribution < 1.29 is 15.0 Å². The summed E-state index contributed by atoms with van der Waals surface area (Å²) in [6.07, 6.45) is 1.93. The summed E-state index contributed by atoms with van der Waals surface area (Å²) in [5.74, 6) is 0. The van der Waals surface area contributed by atoms with Gasteiger partial charge in [0.1, 0.15) is 12.2 Å². The molecule has 1 aliphatic rings. The molecule has 212 valence electrons. The Bertz CT molecular complexity index is 1610. The van der Waals surface area contributed by atoms with Crippen LogP contribution in [0.1, 0.15) is 22.3 Å². The monoisotopic (exact) mass is 557 g/mol. The van der Waals surface area contributed by atoms with E-state index in [-0.39, 0.29) is 12.6 Å². The molecule has 1 aliphatic heterocycles. The maximum Gasteiger partial charge on any atom is 0.321 e. The van der Waals surface area contributed by atoms with Crippen LogP contribution < -0.4 is 0 Å². The normalized spacial score (nSPS) is 21.0. The van der Waals surface area contributed by atoms with Crippen LogP contribution in [0.3, 0.4) is 0 Å².